The maximum absolute atomic E-state index is 11.9. The van der Waals surface area contributed by atoms with E-state index in [2.05, 4.69) is 53.9 Å². The highest BCUT2D eigenvalue weighted by molar-refractivity contribution is 8.15. The van der Waals surface area contributed by atoms with Gasteiger partial charge in [-0.1, -0.05) is 47.7 Å². The summed E-state index contributed by atoms with van der Waals surface area (Å²) in [5, 5.41) is 2.97. The van der Waals surface area contributed by atoms with Crippen LogP contribution in [0, 0.1) is 5.92 Å². The largest absolute Gasteiger partial charge is 0.343 e. The summed E-state index contributed by atoms with van der Waals surface area (Å²) in [6, 6.07) is 8.36. The molecule has 4 nitrogen and oxygen atoms in total. The Hall–Kier alpha value is -2.27. The van der Waals surface area contributed by atoms with Crippen molar-refractivity contribution < 1.29 is 9.59 Å². The Balaban J connectivity index is 1.53. The second-order valence-corrected chi connectivity index (χ2v) is 8.74. The summed E-state index contributed by atoms with van der Waals surface area (Å²) < 4.78 is 2.29. The van der Waals surface area contributed by atoms with Crippen LogP contribution in [0.5, 0.6) is 0 Å². The Morgan fingerprint density at radius 3 is 2.85 bits per heavy atom. The number of nitrogens with one attached hydrogen (secondary N) is 1. The molecule has 1 aliphatic carbocycles. The van der Waals surface area contributed by atoms with E-state index in [1.807, 2.05) is 6.07 Å². The van der Waals surface area contributed by atoms with Crippen molar-refractivity contribution in [2.45, 2.75) is 44.4 Å². The first kappa shape index (κ1) is 18.1. The molecule has 1 aromatic carbocycles. The number of rotatable bonds is 5. The molecule has 2 aromatic rings. The van der Waals surface area contributed by atoms with Gasteiger partial charge in [-0.15, -0.1) is 0 Å². The molecule has 1 aromatic heterocycles. The summed E-state index contributed by atoms with van der Waals surface area (Å²) in [5.74, 6) is 0.445. The Labute approximate surface area is 163 Å². The molecule has 2 aliphatic rings. The van der Waals surface area contributed by atoms with Gasteiger partial charge in [0.05, 0.1) is 5.25 Å². The monoisotopic (exact) mass is 380 g/mol. The molecule has 2 atom stereocenters. The van der Waals surface area contributed by atoms with Crippen molar-refractivity contribution in [3.05, 3.63) is 59.8 Å². The number of allylic oxidation sites excluding steroid dienone is 3. The van der Waals surface area contributed by atoms with E-state index in [1.165, 1.54) is 28.5 Å². The van der Waals surface area contributed by atoms with Gasteiger partial charge in [0.1, 0.15) is 0 Å². The highest BCUT2D eigenvalue weighted by Gasteiger charge is 2.31. The average molecular weight is 381 g/mol. The molecule has 1 fully saturated rings. The van der Waals surface area contributed by atoms with Gasteiger partial charge in [-0.05, 0) is 56.2 Å². The number of hydrogen-bond donors (Lipinski definition) is 1. The third-order valence-corrected chi connectivity index (χ3v) is 6.63. The van der Waals surface area contributed by atoms with E-state index in [1.54, 1.807) is 0 Å². The molecule has 0 saturated carbocycles. The van der Waals surface area contributed by atoms with Crippen molar-refractivity contribution in [1.82, 2.24) is 9.88 Å². The van der Waals surface area contributed by atoms with Crippen LogP contribution < -0.4 is 5.32 Å². The average Bonchev–Trinajstić information content (AvgIpc) is 3.19. The quantitative estimate of drug-likeness (QED) is 0.755. The van der Waals surface area contributed by atoms with E-state index in [9.17, 15) is 9.59 Å². The third-order valence-electron chi connectivity index (χ3n) is 5.65. The SMILES string of the molecule is C=C(C)C1CC=C(Cn2ccc3c(CC4SC(=O)NC4=O)cccc32)CC1. The van der Waals surface area contributed by atoms with E-state index in [-0.39, 0.29) is 16.4 Å². The predicted molar refractivity (Wildman–Crippen MR) is 111 cm³/mol. The fraction of sp³-hybridized carbons (Fsp3) is 0.364. The van der Waals surface area contributed by atoms with Gasteiger partial charge < -0.3 is 4.57 Å². The number of aromatic nitrogens is 1. The number of nitrogens with zero attached hydrogens (tertiary/aromatic N) is 1. The van der Waals surface area contributed by atoms with E-state index < -0.39 is 0 Å². The lowest BCUT2D eigenvalue weighted by molar-refractivity contribution is -0.118. The number of benzene rings is 1. The van der Waals surface area contributed by atoms with Crippen LogP contribution in [0.4, 0.5) is 4.79 Å². The molecule has 2 unspecified atom stereocenters. The lowest BCUT2D eigenvalue weighted by Crippen LogP contribution is -2.25. The Morgan fingerprint density at radius 2 is 2.19 bits per heavy atom. The van der Waals surface area contributed by atoms with Gasteiger partial charge in [0, 0.05) is 23.6 Å². The normalized spacial score (nSPS) is 22.8. The van der Waals surface area contributed by atoms with Gasteiger partial charge in [0.2, 0.25) is 5.91 Å². The third kappa shape index (κ3) is 3.74. The smallest absolute Gasteiger partial charge is 0.286 e. The van der Waals surface area contributed by atoms with E-state index >= 15 is 0 Å². The number of carbonyl (C=O) groups is 2. The van der Waals surface area contributed by atoms with Crippen molar-refractivity contribution in [2.24, 2.45) is 5.92 Å². The van der Waals surface area contributed by atoms with Crippen molar-refractivity contribution in [3.63, 3.8) is 0 Å². The molecule has 27 heavy (non-hydrogen) atoms. The molecule has 2 amide bonds. The predicted octanol–water partition coefficient (Wildman–Crippen LogP) is 4.84. The summed E-state index contributed by atoms with van der Waals surface area (Å²) in [6.07, 6.45) is 8.49. The zero-order valence-electron chi connectivity index (χ0n) is 15.5. The van der Waals surface area contributed by atoms with Gasteiger partial charge in [-0.25, -0.2) is 0 Å². The topological polar surface area (TPSA) is 51.1 Å². The van der Waals surface area contributed by atoms with Gasteiger partial charge in [0.15, 0.2) is 0 Å². The summed E-state index contributed by atoms with van der Waals surface area (Å²) in [7, 11) is 0. The molecule has 0 radical (unpaired) electrons. The zero-order valence-corrected chi connectivity index (χ0v) is 16.3. The molecule has 1 saturated heterocycles. The number of hydrogen-bond acceptors (Lipinski definition) is 3. The fourth-order valence-electron chi connectivity index (χ4n) is 4.03. The summed E-state index contributed by atoms with van der Waals surface area (Å²) >= 11 is 1.09. The molecule has 1 N–H and O–H groups in total. The van der Waals surface area contributed by atoms with E-state index in [0.717, 1.165) is 36.7 Å². The Kier molecular flexibility index (Phi) is 4.96. The highest BCUT2D eigenvalue weighted by atomic mass is 32.2. The lowest BCUT2D eigenvalue weighted by atomic mass is 9.85. The van der Waals surface area contributed by atoms with Gasteiger partial charge in [0.25, 0.3) is 5.24 Å². The van der Waals surface area contributed by atoms with Gasteiger partial charge in [-0.2, -0.15) is 0 Å². The van der Waals surface area contributed by atoms with E-state index in [0.29, 0.717) is 12.3 Å². The maximum Gasteiger partial charge on any atom is 0.286 e. The van der Waals surface area contributed by atoms with Crippen molar-refractivity contribution >= 4 is 33.8 Å². The number of fused-ring (bicyclic) bond motifs is 1. The second kappa shape index (κ2) is 7.39. The van der Waals surface area contributed by atoms with Crippen molar-refractivity contribution in [3.8, 4) is 0 Å². The molecule has 1 aliphatic heterocycles. The number of amides is 2. The first-order valence-electron chi connectivity index (χ1n) is 9.43. The molecule has 4 rings (SSSR count). The minimum absolute atomic E-state index is 0.180. The molecular formula is C22H24N2O2S. The minimum Gasteiger partial charge on any atom is -0.343 e. The molecule has 2 heterocycles. The van der Waals surface area contributed by atoms with Crippen molar-refractivity contribution in [1.29, 1.82) is 0 Å². The zero-order chi connectivity index (χ0) is 19.0. The molecule has 0 bridgehead atoms. The standard InChI is InChI=1S/C22H24N2O2S/c1-14(2)16-8-6-15(7-9-16)13-24-11-10-18-17(4-3-5-19(18)24)12-20-21(25)23-22(26)27-20/h3-6,10-11,16,20H,1,7-9,12-13H2,2H3,(H,23,25,26). The number of thioether (sulfide) groups is 1. The van der Waals surface area contributed by atoms with Crippen LogP contribution in [0.1, 0.15) is 31.7 Å². The molecular weight excluding hydrogens is 356 g/mol. The Bertz CT molecular complexity index is 956. The second-order valence-electron chi connectivity index (χ2n) is 7.56. The van der Waals surface area contributed by atoms with Crippen LogP contribution in [0.25, 0.3) is 10.9 Å². The van der Waals surface area contributed by atoms with Gasteiger partial charge >= 0.3 is 0 Å². The van der Waals surface area contributed by atoms with Gasteiger partial charge in [-0.3, -0.25) is 14.9 Å². The maximum atomic E-state index is 11.9. The first-order valence-corrected chi connectivity index (χ1v) is 10.3. The van der Waals surface area contributed by atoms with Crippen LogP contribution in [0.2, 0.25) is 0 Å². The summed E-state index contributed by atoms with van der Waals surface area (Å²) in [4.78, 5) is 23.3. The van der Waals surface area contributed by atoms with Crippen molar-refractivity contribution in [2.75, 3.05) is 0 Å². The molecule has 140 valence electrons. The molecule has 0 spiro atoms. The number of carbonyl (C=O) groups excluding carboxylic acids is 2. The van der Waals surface area contributed by atoms with Crippen LogP contribution in [-0.4, -0.2) is 21.0 Å². The summed E-state index contributed by atoms with van der Waals surface area (Å²) in [5.41, 5.74) is 5.07. The lowest BCUT2D eigenvalue weighted by Gasteiger charge is -2.22. The fourth-order valence-corrected chi connectivity index (χ4v) is 4.88. The number of imide groups is 1. The minimum atomic E-state index is -0.327. The Morgan fingerprint density at radius 1 is 1.33 bits per heavy atom. The van der Waals surface area contributed by atoms with Crippen LogP contribution in [0.3, 0.4) is 0 Å². The highest BCUT2D eigenvalue weighted by Crippen LogP contribution is 2.31. The summed E-state index contributed by atoms with van der Waals surface area (Å²) in [6.45, 7) is 7.13. The van der Waals surface area contributed by atoms with E-state index in [4.69, 9.17) is 0 Å². The van der Waals surface area contributed by atoms with Crippen LogP contribution >= 0.6 is 11.8 Å². The molecule has 5 heteroatoms. The van der Waals surface area contributed by atoms with Crippen LogP contribution in [-0.2, 0) is 17.8 Å². The first-order chi connectivity index (χ1) is 13.0. The van der Waals surface area contributed by atoms with Crippen LogP contribution in [0.15, 0.2) is 54.3 Å².